The molecule has 0 aromatic heterocycles. The van der Waals surface area contributed by atoms with Crippen LogP contribution in [0.2, 0.25) is 5.02 Å². The lowest BCUT2D eigenvalue weighted by Gasteiger charge is -2.15. The third-order valence-electron chi connectivity index (χ3n) is 4.29. The van der Waals surface area contributed by atoms with Crippen LogP contribution in [0, 0.1) is 0 Å². The van der Waals surface area contributed by atoms with Gasteiger partial charge in [-0.3, -0.25) is 9.59 Å². The molecular weight excluding hydrogens is 368 g/mol. The fourth-order valence-electron chi connectivity index (χ4n) is 2.79. The van der Waals surface area contributed by atoms with Gasteiger partial charge in [0.15, 0.2) is 0 Å². The number of carbonyl (C=O) groups is 2. The summed E-state index contributed by atoms with van der Waals surface area (Å²) in [4.78, 5) is 27.1. The van der Waals surface area contributed by atoms with E-state index in [1.54, 1.807) is 28.8 Å². The van der Waals surface area contributed by atoms with Crippen LogP contribution in [0.3, 0.4) is 0 Å². The van der Waals surface area contributed by atoms with Gasteiger partial charge in [-0.05, 0) is 54.8 Å². The van der Waals surface area contributed by atoms with Gasteiger partial charge in [0.2, 0.25) is 5.91 Å². The molecule has 4 nitrogen and oxygen atoms in total. The van der Waals surface area contributed by atoms with Crippen molar-refractivity contribution in [1.82, 2.24) is 10.2 Å². The molecule has 2 aromatic rings. The highest BCUT2D eigenvalue weighted by atomic mass is 35.5. The van der Waals surface area contributed by atoms with E-state index in [0.717, 1.165) is 47.2 Å². The van der Waals surface area contributed by atoms with Crippen molar-refractivity contribution >= 4 is 35.2 Å². The van der Waals surface area contributed by atoms with Crippen LogP contribution in [-0.2, 0) is 10.5 Å². The fourth-order valence-corrected chi connectivity index (χ4v) is 3.77. The van der Waals surface area contributed by atoms with Gasteiger partial charge in [0.1, 0.15) is 0 Å². The summed E-state index contributed by atoms with van der Waals surface area (Å²) in [6.45, 7) is 1.66. The maximum absolute atomic E-state index is 12.2. The molecule has 0 unspecified atom stereocenters. The second-order valence-corrected chi connectivity index (χ2v) is 7.70. The molecule has 136 valence electrons. The molecule has 6 heteroatoms. The van der Waals surface area contributed by atoms with Crippen LogP contribution in [0.5, 0.6) is 0 Å². The number of nitrogens with zero attached hydrogens (tertiary/aromatic N) is 1. The second kappa shape index (κ2) is 9.10. The Morgan fingerprint density at radius 1 is 1.00 bits per heavy atom. The predicted molar refractivity (Wildman–Crippen MR) is 106 cm³/mol. The van der Waals surface area contributed by atoms with Gasteiger partial charge in [-0.1, -0.05) is 23.7 Å². The van der Waals surface area contributed by atoms with E-state index in [-0.39, 0.29) is 18.4 Å². The standard InChI is InChI=1S/C20H21ClN2O2S/c21-17-7-9-18(10-8-17)26-14-15-3-5-16(6-4-15)20(25)22-13-19(24)23-11-1-2-12-23/h3-10H,1-2,11-14H2,(H,22,25). The normalized spacial score (nSPS) is 13.7. The van der Waals surface area contributed by atoms with Crippen LogP contribution in [0.1, 0.15) is 28.8 Å². The Morgan fingerprint density at radius 2 is 1.65 bits per heavy atom. The number of hydrogen-bond acceptors (Lipinski definition) is 3. The fraction of sp³-hybridized carbons (Fsp3) is 0.300. The van der Waals surface area contributed by atoms with Crippen molar-refractivity contribution in [2.75, 3.05) is 19.6 Å². The summed E-state index contributed by atoms with van der Waals surface area (Å²) in [6, 6.07) is 15.2. The molecule has 0 bridgehead atoms. The van der Waals surface area contributed by atoms with Crippen LogP contribution in [-0.4, -0.2) is 36.3 Å². The first-order valence-electron chi connectivity index (χ1n) is 8.65. The lowest BCUT2D eigenvalue weighted by atomic mass is 10.1. The number of likely N-dealkylation sites (tertiary alicyclic amines) is 1. The number of nitrogens with one attached hydrogen (secondary N) is 1. The minimum absolute atomic E-state index is 0.00756. The number of carbonyl (C=O) groups excluding carboxylic acids is 2. The summed E-state index contributed by atoms with van der Waals surface area (Å²) in [5.41, 5.74) is 1.70. The molecule has 2 amide bonds. The van der Waals surface area contributed by atoms with E-state index in [2.05, 4.69) is 5.32 Å². The van der Waals surface area contributed by atoms with E-state index in [0.29, 0.717) is 5.56 Å². The van der Waals surface area contributed by atoms with Crippen molar-refractivity contribution in [3.63, 3.8) is 0 Å². The Morgan fingerprint density at radius 3 is 2.31 bits per heavy atom. The van der Waals surface area contributed by atoms with Crippen molar-refractivity contribution < 1.29 is 9.59 Å². The molecule has 0 atom stereocenters. The van der Waals surface area contributed by atoms with Gasteiger partial charge in [0, 0.05) is 34.3 Å². The molecule has 2 aromatic carbocycles. The number of hydrogen-bond donors (Lipinski definition) is 1. The third-order valence-corrected chi connectivity index (χ3v) is 5.63. The molecule has 0 aliphatic carbocycles. The van der Waals surface area contributed by atoms with Crippen molar-refractivity contribution in [3.05, 3.63) is 64.7 Å². The average Bonchev–Trinajstić information content (AvgIpc) is 3.21. The highest BCUT2D eigenvalue weighted by molar-refractivity contribution is 7.98. The van der Waals surface area contributed by atoms with E-state index in [4.69, 9.17) is 11.6 Å². The highest BCUT2D eigenvalue weighted by Crippen LogP contribution is 2.24. The summed E-state index contributed by atoms with van der Waals surface area (Å²) in [5, 5.41) is 3.44. The van der Waals surface area contributed by atoms with Crippen molar-refractivity contribution in [3.8, 4) is 0 Å². The SMILES string of the molecule is O=C(NCC(=O)N1CCCC1)c1ccc(CSc2ccc(Cl)cc2)cc1. The van der Waals surface area contributed by atoms with Crippen molar-refractivity contribution in [1.29, 1.82) is 0 Å². The molecule has 1 saturated heterocycles. The zero-order chi connectivity index (χ0) is 18.4. The number of halogens is 1. The Balaban J connectivity index is 1.47. The zero-order valence-electron chi connectivity index (χ0n) is 14.4. The van der Waals surface area contributed by atoms with Crippen LogP contribution >= 0.6 is 23.4 Å². The second-order valence-electron chi connectivity index (χ2n) is 6.21. The van der Waals surface area contributed by atoms with Crippen molar-refractivity contribution in [2.45, 2.75) is 23.5 Å². The summed E-state index contributed by atoms with van der Waals surface area (Å²) in [6.07, 6.45) is 2.10. The lowest BCUT2D eigenvalue weighted by molar-refractivity contribution is -0.129. The highest BCUT2D eigenvalue weighted by Gasteiger charge is 2.18. The first kappa shape index (κ1) is 18.8. The van der Waals surface area contributed by atoms with Gasteiger partial charge >= 0.3 is 0 Å². The van der Waals surface area contributed by atoms with Crippen LogP contribution < -0.4 is 5.32 Å². The molecule has 26 heavy (non-hydrogen) atoms. The quantitative estimate of drug-likeness (QED) is 0.761. The molecule has 1 fully saturated rings. The van der Waals surface area contributed by atoms with Gasteiger partial charge in [-0.25, -0.2) is 0 Å². The van der Waals surface area contributed by atoms with E-state index < -0.39 is 0 Å². The Labute approximate surface area is 162 Å². The summed E-state index contributed by atoms with van der Waals surface area (Å²) in [5.74, 6) is 0.595. The van der Waals surface area contributed by atoms with Crippen LogP contribution in [0.4, 0.5) is 0 Å². The predicted octanol–water partition coefficient (Wildman–Crippen LogP) is 3.98. The Bertz CT molecular complexity index is 756. The van der Waals surface area contributed by atoms with Gasteiger partial charge in [0.05, 0.1) is 6.54 Å². The monoisotopic (exact) mass is 388 g/mol. The number of rotatable bonds is 6. The summed E-state index contributed by atoms with van der Waals surface area (Å²) < 4.78 is 0. The molecule has 1 aliphatic rings. The van der Waals surface area contributed by atoms with Gasteiger partial charge in [-0.2, -0.15) is 0 Å². The number of thioether (sulfide) groups is 1. The zero-order valence-corrected chi connectivity index (χ0v) is 16.0. The van der Waals surface area contributed by atoms with E-state index >= 15 is 0 Å². The van der Waals surface area contributed by atoms with Crippen LogP contribution in [0.15, 0.2) is 53.4 Å². The van der Waals surface area contributed by atoms with Gasteiger partial charge in [0.25, 0.3) is 5.91 Å². The third kappa shape index (κ3) is 5.26. The summed E-state index contributed by atoms with van der Waals surface area (Å²) in [7, 11) is 0. The molecular formula is C20H21ClN2O2S. The molecule has 1 aliphatic heterocycles. The lowest BCUT2D eigenvalue weighted by Crippen LogP contribution is -2.38. The molecule has 3 rings (SSSR count). The number of benzene rings is 2. The van der Waals surface area contributed by atoms with Gasteiger partial charge < -0.3 is 10.2 Å². The van der Waals surface area contributed by atoms with E-state index in [9.17, 15) is 9.59 Å². The van der Waals surface area contributed by atoms with Crippen molar-refractivity contribution in [2.24, 2.45) is 0 Å². The molecule has 1 N–H and O–H groups in total. The largest absolute Gasteiger partial charge is 0.343 e. The van der Waals surface area contributed by atoms with E-state index in [1.165, 1.54) is 0 Å². The maximum atomic E-state index is 12.2. The molecule has 0 saturated carbocycles. The van der Waals surface area contributed by atoms with E-state index in [1.807, 2.05) is 36.4 Å². The first-order valence-corrected chi connectivity index (χ1v) is 10.0. The smallest absolute Gasteiger partial charge is 0.251 e. The first-order chi connectivity index (χ1) is 12.6. The molecule has 1 heterocycles. The van der Waals surface area contributed by atoms with Gasteiger partial charge in [-0.15, -0.1) is 11.8 Å². The molecule has 0 radical (unpaired) electrons. The average molecular weight is 389 g/mol. The molecule has 0 spiro atoms. The summed E-state index contributed by atoms with van der Waals surface area (Å²) >= 11 is 7.60. The van der Waals surface area contributed by atoms with Crippen LogP contribution in [0.25, 0.3) is 0 Å². The minimum Gasteiger partial charge on any atom is -0.343 e. The maximum Gasteiger partial charge on any atom is 0.251 e. The Kier molecular flexibility index (Phi) is 6.58. The minimum atomic E-state index is -0.213. The Hall–Kier alpha value is -1.98. The number of amides is 2. The topological polar surface area (TPSA) is 49.4 Å².